The second-order valence-electron chi connectivity index (χ2n) is 14.9. The quantitative estimate of drug-likeness (QED) is 0.287. The molecule has 2 aliphatic heterocycles. The van der Waals surface area contributed by atoms with Gasteiger partial charge < -0.3 is 25.1 Å². The van der Waals surface area contributed by atoms with Crippen molar-refractivity contribution in [3.63, 3.8) is 0 Å². The van der Waals surface area contributed by atoms with Crippen molar-refractivity contribution in [3.05, 3.63) is 47.4 Å². The number of nitrogens with zero attached hydrogens (tertiary/aromatic N) is 5. The summed E-state index contributed by atoms with van der Waals surface area (Å²) in [5.41, 5.74) is 8.53. The molecule has 11 heteroatoms. The topological polar surface area (TPSA) is 111 Å². The number of aryl methyl sites for hydroxylation is 1. The van der Waals surface area contributed by atoms with E-state index in [1.807, 2.05) is 28.5 Å². The summed E-state index contributed by atoms with van der Waals surface area (Å²) in [7, 11) is 0. The molecule has 9 rings (SSSR count). The molecule has 0 radical (unpaired) electrons. The van der Waals surface area contributed by atoms with Gasteiger partial charge in [-0.25, -0.2) is 18.7 Å². The minimum Gasteiger partial charge on any atom is -0.348 e. The Bertz CT molecular complexity index is 1950. The van der Waals surface area contributed by atoms with Crippen molar-refractivity contribution < 1.29 is 18.4 Å². The summed E-state index contributed by atoms with van der Waals surface area (Å²) < 4.78 is 35.6. The van der Waals surface area contributed by atoms with E-state index >= 15 is 8.78 Å². The van der Waals surface area contributed by atoms with Crippen molar-refractivity contribution in [1.82, 2.24) is 29.3 Å². The lowest BCUT2D eigenvalue weighted by Crippen LogP contribution is -2.51. The minimum absolute atomic E-state index is 0.0474. The Morgan fingerprint density at radius 3 is 2.72 bits per heavy atom. The van der Waals surface area contributed by atoms with Gasteiger partial charge in [0.1, 0.15) is 22.6 Å². The zero-order valence-electron chi connectivity index (χ0n) is 26.7. The van der Waals surface area contributed by atoms with Gasteiger partial charge in [0.25, 0.3) is 5.91 Å². The number of carbonyl (C=O) groups is 2. The first-order valence-corrected chi connectivity index (χ1v) is 17.5. The second-order valence-corrected chi connectivity index (χ2v) is 14.9. The summed E-state index contributed by atoms with van der Waals surface area (Å²) in [6.45, 7) is 3.03. The van der Waals surface area contributed by atoms with Crippen LogP contribution in [0, 0.1) is 17.7 Å². The Morgan fingerprint density at radius 2 is 1.89 bits per heavy atom. The van der Waals surface area contributed by atoms with Crippen LogP contribution in [0.3, 0.4) is 0 Å². The molecule has 3 aromatic heterocycles. The maximum Gasteiger partial charge on any atom is 0.254 e. The van der Waals surface area contributed by atoms with Crippen molar-refractivity contribution in [1.29, 1.82) is 0 Å². The van der Waals surface area contributed by atoms with E-state index in [0.717, 1.165) is 61.7 Å². The van der Waals surface area contributed by atoms with Gasteiger partial charge in [-0.3, -0.25) is 9.59 Å². The number of amides is 2. The van der Waals surface area contributed by atoms with E-state index in [0.29, 0.717) is 60.0 Å². The average molecular weight is 642 g/mol. The molecule has 0 spiro atoms. The molecule has 47 heavy (non-hydrogen) atoms. The summed E-state index contributed by atoms with van der Waals surface area (Å²) in [5.74, 6) is -0.323. The van der Waals surface area contributed by atoms with Crippen LogP contribution < -0.4 is 11.1 Å². The molecule has 5 heterocycles. The van der Waals surface area contributed by atoms with E-state index in [1.165, 1.54) is 6.07 Å². The Morgan fingerprint density at radius 1 is 1.06 bits per heavy atom. The molecule has 3 N–H and O–H groups in total. The van der Waals surface area contributed by atoms with Crippen LogP contribution in [-0.2, 0) is 11.3 Å². The number of nitrogens with two attached hydrogens (primary N) is 1. The van der Waals surface area contributed by atoms with Crippen molar-refractivity contribution in [2.24, 2.45) is 17.6 Å². The molecular formula is C36H41F2N7O2. The summed E-state index contributed by atoms with van der Waals surface area (Å²) in [6, 6.07) is 8.96. The first-order chi connectivity index (χ1) is 22.7. The number of rotatable bonds is 3. The molecule has 3 aliphatic carbocycles. The van der Waals surface area contributed by atoms with E-state index in [2.05, 4.69) is 16.0 Å². The number of alkyl halides is 1. The predicted molar refractivity (Wildman–Crippen MR) is 174 cm³/mol. The Hall–Kier alpha value is -3.86. The fourth-order valence-corrected chi connectivity index (χ4v) is 8.71. The van der Waals surface area contributed by atoms with Crippen LogP contribution in [0.4, 0.5) is 8.78 Å². The van der Waals surface area contributed by atoms with E-state index in [1.54, 1.807) is 6.07 Å². The molecule has 1 saturated heterocycles. The number of likely N-dealkylation sites (tertiary alicyclic amines) is 1. The van der Waals surface area contributed by atoms with Crippen LogP contribution in [0.15, 0.2) is 30.3 Å². The number of hydrogen-bond donors (Lipinski definition) is 2. The summed E-state index contributed by atoms with van der Waals surface area (Å²) >= 11 is 0. The van der Waals surface area contributed by atoms with Crippen molar-refractivity contribution in [2.75, 3.05) is 6.54 Å². The van der Waals surface area contributed by atoms with Gasteiger partial charge in [0, 0.05) is 42.2 Å². The van der Waals surface area contributed by atoms with Gasteiger partial charge in [-0.2, -0.15) is 0 Å². The number of piperidine rings is 1. The molecule has 0 unspecified atom stereocenters. The van der Waals surface area contributed by atoms with Gasteiger partial charge in [-0.05, 0) is 94.5 Å². The van der Waals surface area contributed by atoms with E-state index in [-0.39, 0.29) is 42.4 Å². The third kappa shape index (κ3) is 4.78. The highest BCUT2D eigenvalue weighted by Crippen LogP contribution is 2.51. The van der Waals surface area contributed by atoms with Gasteiger partial charge >= 0.3 is 0 Å². The molecule has 4 fully saturated rings. The molecule has 246 valence electrons. The third-order valence-electron chi connectivity index (χ3n) is 11.7. The Balaban J connectivity index is 1.13. The number of hydrogen-bond acceptors (Lipinski definition) is 5. The molecule has 5 aliphatic rings. The fraction of sp³-hybridized carbons (Fsp3) is 0.556. The molecule has 6 atom stereocenters. The maximum atomic E-state index is 16.2. The number of benzene rings is 1. The molecular weight excluding hydrogens is 600 g/mol. The largest absolute Gasteiger partial charge is 0.348 e. The number of fused-ring (bicyclic) bond motifs is 5. The molecule has 4 bridgehead atoms. The first-order valence-electron chi connectivity index (χ1n) is 17.5. The van der Waals surface area contributed by atoms with Crippen LogP contribution in [-0.4, -0.2) is 60.1 Å². The summed E-state index contributed by atoms with van der Waals surface area (Å²) in [4.78, 5) is 38.6. The van der Waals surface area contributed by atoms with Crippen LogP contribution in [0.5, 0.6) is 0 Å². The maximum absolute atomic E-state index is 16.2. The highest BCUT2D eigenvalue weighted by molar-refractivity contribution is 5.98. The molecule has 3 saturated carbocycles. The van der Waals surface area contributed by atoms with Gasteiger partial charge in [-0.1, -0.05) is 12.8 Å². The number of nitrogens with one attached hydrogen (secondary N) is 1. The van der Waals surface area contributed by atoms with Crippen molar-refractivity contribution in [3.8, 4) is 11.5 Å². The fourth-order valence-electron chi connectivity index (χ4n) is 8.71. The smallest absolute Gasteiger partial charge is 0.254 e. The normalized spacial score (nSPS) is 30.9. The van der Waals surface area contributed by atoms with Gasteiger partial charge in [0.05, 0.1) is 28.9 Å². The van der Waals surface area contributed by atoms with Gasteiger partial charge in [-0.15, -0.1) is 0 Å². The van der Waals surface area contributed by atoms with E-state index < -0.39 is 17.4 Å². The first kappa shape index (κ1) is 29.3. The number of halogens is 2. The van der Waals surface area contributed by atoms with Crippen molar-refractivity contribution in [2.45, 2.75) is 108 Å². The van der Waals surface area contributed by atoms with E-state index in [4.69, 9.17) is 15.7 Å². The monoisotopic (exact) mass is 641 g/mol. The number of pyridine rings is 1. The Kier molecular flexibility index (Phi) is 6.59. The zero-order valence-corrected chi connectivity index (χ0v) is 26.7. The van der Waals surface area contributed by atoms with Crippen molar-refractivity contribution >= 4 is 33.9 Å². The van der Waals surface area contributed by atoms with E-state index in [9.17, 15) is 9.59 Å². The van der Waals surface area contributed by atoms with Gasteiger partial charge in [0.15, 0.2) is 5.82 Å². The third-order valence-corrected chi connectivity index (χ3v) is 11.7. The predicted octanol–water partition coefficient (Wildman–Crippen LogP) is 5.96. The Labute approximate surface area is 271 Å². The average Bonchev–Trinajstić information content (AvgIpc) is 3.86. The SMILES string of the molecule is C[C@H]1NC(=O)[C@@H]2C[C@@]2(F)CCCCCn2c(-c3nc4cc(C(=O)N5C[C@H](N)[C@H]6CC[C@@H]5C6)cc(F)c4n3C3CC3)cc3ccc1nc32. The van der Waals surface area contributed by atoms with Crippen LogP contribution in [0.25, 0.3) is 33.6 Å². The minimum atomic E-state index is -1.41. The highest BCUT2D eigenvalue weighted by atomic mass is 19.1. The lowest BCUT2D eigenvalue weighted by Gasteiger charge is -2.37. The molecule has 1 aromatic carbocycles. The number of aromatic nitrogens is 4. The van der Waals surface area contributed by atoms with Crippen LogP contribution in [0.1, 0.15) is 99.3 Å². The zero-order chi connectivity index (χ0) is 32.2. The number of carbonyl (C=O) groups excluding carboxylic acids is 2. The summed E-state index contributed by atoms with van der Waals surface area (Å²) in [6.07, 6.45) is 7.75. The molecule has 4 aromatic rings. The lowest BCUT2D eigenvalue weighted by atomic mass is 9.94. The second kappa shape index (κ2) is 10.6. The van der Waals surface area contributed by atoms with Gasteiger partial charge in [0.2, 0.25) is 5.91 Å². The molecule has 9 nitrogen and oxygen atoms in total. The number of imidazole rings is 1. The highest BCUT2D eigenvalue weighted by Gasteiger charge is 2.59. The summed E-state index contributed by atoms with van der Waals surface area (Å²) in [5, 5.41) is 3.92. The van der Waals surface area contributed by atoms with Crippen LogP contribution in [0.2, 0.25) is 0 Å². The standard InChI is InChI=1S/C36H41F2N7O2/c1-19-28-10-6-21-16-30(43(32(21)41-28)12-4-2-3-11-36(38)17-25(36)34(46)40-19)33-42-29-15-22(14-26(37)31(29)45(33)23-8-9-23)35(47)44-18-27(39)20-5-7-24(44)13-20/h6,10,14-16,19-20,23-25,27H,2-5,7-9,11-13,17-18,39H2,1H3,(H,40,46)/t19-,20+,24-,25+,27+,36+/m1/s1. The lowest BCUT2D eigenvalue weighted by molar-refractivity contribution is -0.124. The van der Waals surface area contributed by atoms with Crippen LogP contribution >= 0.6 is 0 Å². The molecule has 2 amide bonds.